The monoisotopic (exact) mass is 478 g/mol. The van der Waals surface area contributed by atoms with Crippen molar-refractivity contribution >= 4 is 44.5 Å². The van der Waals surface area contributed by atoms with E-state index in [0.29, 0.717) is 40.0 Å². The number of aromatic nitrogens is 1. The number of sulfonamides is 1. The molecule has 2 aromatic carbocycles. The summed E-state index contributed by atoms with van der Waals surface area (Å²) in [5, 5.41) is 7.89. The van der Waals surface area contributed by atoms with Crippen LogP contribution in [0, 0.1) is 11.6 Å². The molecule has 0 radical (unpaired) electrons. The third-order valence-electron chi connectivity index (χ3n) is 4.95. The highest BCUT2D eigenvalue weighted by atomic mass is 32.2. The predicted molar refractivity (Wildman–Crippen MR) is 112 cm³/mol. The molecular weight excluding hydrogens is 462 g/mol. The Bertz CT molecular complexity index is 1390. The number of benzene rings is 2. The molecular formula is C20H16F2N4O6S. The van der Waals surface area contributed by atoms with Gasteiger partial charge in [-0.1, -0.05) is 0 Å². The molecule has 13 heteroatoms. The maximum absolute atomic E-state index is 14.6. The van der Waals surface area contributed by atoms with E-state index in [9.17, 15) is 26.8 Å². The number of primary sulfonamides is 1. The molecule has 0 bridgehead atoms. The van der Waals surface area contributed by atoms with E-state index >= 15 is 0 Å². The average molecular weight is 478 g/mol. The van der Waals surface area contributed by atoms with Crippen LogP contribution in [0.3, 0.4) is 0 Å². The smallest absolute Gasteiger partial charge is 0.414 e. The first-order valence-corrected chi connectivity index (χ1v) is 10.8. The first-order valence-electron chi connectivity index (χ1n) is 9.30. The normalized spacial score (nSPS) is 13.5. The van der Waals surface area contributed by atoms with E-state index in [-0.39, 0.29) is 6.61 Å². The molecule has 1 aliphatic rings. The topological polar surface area (TPSA) is 141 Å². The van der Waals surface area contributed by atoms with Gasteiger partial charge in [0.05, 0.1) is 29.8 Å². The van der Waals surface area contributed by atoms with Gasteiger partial charge in [-0.2, -0.15) is 0 Å². The van der Waals surface area contributed by atoms with Gasteiger partial charge in [0, 0.05) is 28.4 Å². The van der Waals surface area contributed by atoms with Gasteiger partial charge in [-0.05, 0) is 30.3 Å². The number of nitrogens with zero attached hydrogens (tertiary/aromatic N) is 2. The lowest BCUT2D eigenvalue weighted by Crippen LogP contribution is -2.36. The van der Waals surface area contributed by atoms with Gasteiger partial charge in [0.15, 0.2) is 0 Å². The second-order valence-corrected chi connectivity index (χ2v) is 8.59. The number of pyridine rings is 1. The van der Waals surface area contributed by atoms with Crippen molar-refractivity contribution in [3.8, 4) is 0 Å². The molecule has 1 aromatic heterocycles. The van der Waals surface area contributed by atoms with Crippen LogP contribution in [0.2, 0.25) is 0 Å². The standard InChI is InChI=1S/C20H16F2N4O6S/c1-31-19(27)25-11-2-3-13-17(4-11)24-7-10-9-32-20(28)26(18(10)13)8-14-15(21)5-12(6-16(14)22)33(23,29)30/h2-7H,8-9H2,1H3,(H,25,27)(H2,23,29,30). The van der Waals surface area contributed by atoms with Crippen LogP contribution in [0.15, 0.2) is 41.4 Å². The van der Waals surface area contributed by atoms with E-state index < -0.39 is 50.8 Å². The summed E-state index contributed by atoms with van der Waals surface area (Å²) >= 11 is 0. The molecule has 3 aromatic rings. The number of nitrogens with one attached hydrogen (secondary N) is 1. The van der Waals surface area contributed by atoms with Gasteiger partial charge in [-0.25, -0.2) is 31.9 Å². The number of amides is 2. The number of fused-ring (bicyclic) bond motifs is 3. The van der Waals surface area contributed by atoms with Crippen LogP contribution in [0.1, 0.15) is 11.1 Å². The van der Waals surface area contributed by atoms with Crippen LogP contribution in [-0.4, -0.2) is 32.7 Å². The molecule has 4 rings (SSSR count). The van der Waals surface area contributed by atoms with Gasteiger partial charge >= 0.3 is 12.2 Å². The van der Waals surface area contributed by atoms with Crippen LogP contribution in [0.5, 0.6) is 0 Å². The van der Waals surface area contributed by atoms with Crippen LogP contribution >= 0.6 is 0 Å². The minimum atomic E-state index is -4.33. The number of methoxy groups -OCH3 is 1. The van der Waals surface area contributed by atoms with Gasteiger partial charge in [0.25, 0.3) is 0 Å². The molecule has 0 unspecified atom stereocenters. The van der Waals surface area contributed by atoms with Gasteiger partial charge in [-0.15, -0.1) is 0 Å². The first-order chi connectivity index (χ1) is 15.6. The summed E-state index contributed by atoms with van der Waals surface area (Å²) in [7, 11) is -3.12. The lowest BCUT2D eigenvalue weighted by molar-refractivity contribution is 0.141. The Labute approximate surface area is 186 Å². The fourth-order valence-corrected chi connectivity index (χ4v) is 3.93. The van der Waals surface area contributed by atoms with Gasteiger partial charge in [-0.3, -0.25) is 15.2 Å². The molecule has 0 saturated heterocycles. The van der Waals surface area contributed by atoms with E-state index in [1.54, 1.807) is 12.1 Å². The number of carbonyl (C=O) groups excluding carboxylic acids is 2. The number of hydrogen-bond donors (Lipinski definition) is 2. The molecule has 2 heterocycles. The molecule has 33 heavy (non-hydrogen) atoms. The summed E-state index contributed by atoms with van der Waals surface area (Å²) in [5.74, 6) is -2.39. The molecule has 0 fully saturated rings. The highest BCUT2D eigenvalue weighted by molar-refractivity contribution is 7.89. The van der Waals surface area contributed by atoms with Crippen molar-refractivity contribution in [2.24, 2.45) is 5.14 Å². The van der Waals surface area contributed by atoms with Crippen LogP contribution in [-0.2, 0) is 32.6 Å². The number of anilines is 2. The summed E-state index contributed by atoms with van der Waals surface area (Å²) in [4.78, 5) is 28.6. The minimum absolute atomic E-state index is 0.106. The summed E-state index contributed by atoms with van der Waals surface area (Å²) in [6.07, 6.45) is -0.108. The van der Waals surface area contributed by atoms with Crippen molar-refractivity contribution < 1.29 is 36.3 Å². The number of ether oxygens (including phenoxy) is 2. The lowest BCUT2D eigenvalue weighted by atomic mass is 10.1. The molecule has 0 saturated carbocycles. The van der Waals surface area contributed by atoms with Crippen molar-refractivity contribution in [1.82, 2.24) is 4.98 Å². The maximum atomic E-state index is 14.6. The van der Waals surface area contributed by atoms with E-state index in [1.165, 1.54) is 19.4 Å². The van der Waals surface area contributed by atoms with Crippen molar-refractivity contribution in [3.63, 3.8) is 0 Å². The van der Waals surface area contributed by atoms with Crippen molar-refractivity contribution in [2.75, 3.05) is 17.3 Å². The van der Waals surface area contributed by atoms with Crippen LogP contribution < -0.4 is 15.4 Å². The fraction of sp³-hybridized carbons (Fsp3) is 0.150. The zero-order valence-corrected chi connectivity index (χ0v) is 17.8. The van der Waals surface area contributed by atoms with E-state index in [2.05, 4.69) is 15.0 Å². The summed E-state index contributed by atoms with van der Waals surface area (Å²) in [5.41, 5.74) is 1.00. The third kappa shape index (κ3) is 4.27. The summed E-state index contributed by atoms with van der Waals surface area (Å²) < 4.78 is 61.8. The first kappa shape index (κ1) is 22.4. The van der Waals surface area contributed by atoms with Gasteiger partial charge < -0.3 is 9.47 Å². The Balaban J connectivity index is 1.79. The Morgan fingerprint density at radius 3 is 2.61 bits per heavy atom. The Kier molecular flexibility index (Phi) is 5.59. The fourth-order valence-electron chi connectivity index (χ4n) is 3.40. The second kappa shape index (κ2) is 8.26. The lowest BCUT2D eigenvalue weighted by Gasteiger charge is -2.30. The Morgan fingerprint density at radius 2 is 1.97 bits per heavy atom. The predicted octanol–water partition coefficient (Wildman–Crippen LogP) is 3.00. The van der Waals surface area contributed by atoms with Crippen LogP contribution in [0.4, 0.5) is 29.7 Å². The Hall–Kier alpha value is -3.84. The molecule has 1 aliphatic heterocycles. The van der Waals surface area contributed by atoms with Gasteiger partial charge in [0.2, 0.25) is 10.0 Å². The van der Waals surface area contributed by atoms with E-state index in [1.807, 2.05) is 0 Å². The Morgan fingerprint density at radius 1 is 1.27 bits per heavy atom. The number of cyclic esters (lactones) is 1. The van der Waals surface area contributed by atoms with Crippen molar-refractivity contribution in [1.29, 1.82) is 0 Å². The summed E-state index contributed by atoms with van der Waals surface area (Å²) in [6, 6.07) is 5.82. The highest BCUT2D eigenvalue weighted by Gasteiger charge is 2.30. The number of rotatable bonds is 4. The van der Waals surface area contributed by atoms with Crippen LogP contribution in [0.25, 0.3) is 10.9 Å². The zero-order chi connectivity index (χ0) is 23.9. The SMILES string of the molecule is COC(=O)Nc1ccc2c3c(cnc2c1)COC(=O)N3Cc1c(F)cc(S(N)(=O)=O)cc1F. The molecule has 10 nitrogen and oxygen atoms in total. The summed E-state index contributed by atoms with van der Waals surface area (Å²) in [6.45, 7) is -0.694. The van der Waals surface area contributed by atoms with E-state index in [4.69, 9.17) is 9.88 Å². The number of nitrogens with two attached hydrogens (primary N) is 1. The molecule has 3 N–H and O–H groups in total. The van der Waals surface area contributed by atoms with E-state index in [0.717, 1.165) is 4.90 Å². The average Bonchev–Trinajstić information content (AvgIpc) is 2.76. The van der Waals surface area contributed by atoms with Crippen molar-refractivity contribution in [3.05, 3.63) is 59.3 Å². The largest absolute Gasteiger partial charge is 0.453 e. The molecule has 0 spiro atoms. The highest BCUT2D eigenvalue weighted by Crippen LogP contribution is 2.36. The number of halogens is 2. The number of hydrogen-bond acceptors (Lipinski definition) is 7. The molecule has 0 aliphatic carbocycles. The molecule has 0 atom stereocenters. The molecule has 2 amide bonds. The second-order valence-electron chi connectivity index (χ2n) is 7.03. The molecule has 172 valence electrons. The minimum Gasteiger partial charge on any atom is -0.453 e. The zero-order valence-electron chi connectivity index (χ0n) is 17.0. The van der Waals surface area contributed by atoms with Crippen molar-refractivity contribution in [2.45, 2.75) is 18.0 Å². The van der Waals surface area contributed by atoms with Gasteiger partial charge in [0.1, 0.15) is 18.2 Å². The third-order valence-corrected chi connectivity index (χ3v) is 5.84. The maximum Gasteiger partial charge on any atom is 0.414 e. The number of carbonyl (C=O) groups is 2. The quantitative estimate of drug-likeness (QED) is 0.587.